The van der Waals surface area contributed by atoms with Crippen molar-refractivity contribution in [3.63, 3.8) is 0 Å². The van der Waals surface area contributed by atoms with Crippen LogP contribution in [0, 0.1) is 0 Å². The van der Waals surface area contributed by atoms with Gasteiger partial charge in [0.15, 0.2) is 15.5 Å². The Kier molecular flexibility index (Phi) is 5.87. The normalized spacial score (nSPS) is 19.0. The number of rotatable bonds is 5. The van der Waals surface area contributed by atoms with Crippen molar-refractivity contribution in [3.8, 4) is 22.3 Å². The van der Waals surface area contributed by atoms with Crippen molar-refractivity contribution in [2.75, 3.05) is 23.7 Å². The minimum absolute atomic E-state index is 0.0675. The fraction of sp³-hybridized carbons (Fsp3) is 0.308. The second-order valence-corrected chi connectivity index (χ2v) is 11.2. The van der Waals surface area contributed by atoms with Gasteiger partial charge in [0.1, 0.15) is 0 Å². The first-order valence-corrected chi connectivity index (χ1v) is 13.3. The van der Waals surface area contributed by atoms with Crippen LogP contribution in [-0.2, 0) is 9.84 Å². The molecule has 0 amide bonds. The summed E-state index contributed by atoms with van der Waals surface area (Å²) in [5.74, 6) is 0.0675. The molecule has 2 atom stereocenters. The number of hydrogen-bond donors (Lipinski definition) is 1. The van der Waals surface area contributed by atoms with E-state index in [2.05, 4.69) is 58.4 Å². The number of anilines is 1. The average molecular weight is 476 g/mol. The standard InChI is InChI=1S/C26H29N5O2S/c1-4-34(32,33)24-7-5-6-21(12-24)25-16-29-30-17-22(15-28-26(25)30)20-8-10-23(11-9-20)31-18(2)13-27-14-19(31)3/h5-12,15-19,27H,4,13-14H2,1-3H3/t18-,19+. The van der Waals surface area contributed by atoms with E-state index >= 15 is 0 Å². The van der Waals surface area contributed by atoms with Crippen LogP contribution in [-0.4, -0.2) is 53.9 Å². The number of aromatic nitrogens is 3. The van der Waals surface area contributed by atoms with Crippen LogP contribution >= 0.6 is 0 Å². The maximum absolute atomic E-state index is 12.3. The molecule has 5 rings (SSSR count). The summed E-state index contributed by atoms with van der Waals surface area (Å²) in [7, 11) is -3.28. The third-order valence-corrected chi connectivity index (χ3v) is 8.30. The van der Waals surface area contributed by atoms with Gasteiger partial charge in [-0.2, -0.15) is 5.10 Å². The van der Waals surface area contributed by atoms with Crippen LogP contribution in [0.4, 0.5) is 5.69 Å². The number of sulfone groups is 1. The van der Waals surface area contributed by atoms with Crippen LogP contribution in [0.3, 0.4) is 0 Å². The minimum Gasteiger partial charge on any atom is -0.364 e. The maximum atomic E-state index is 12.3. The van der Waals surface area contributed by atoms with Crippen molar-refractivity contribution in [2.24, 2.45) is 0 Å². The van der Waals surface area contributed by atoms with E-state index in [-0.39, 0.29) is 5.75 Å². The highest BCUT2D eigenvalue weighted by Crippen LogP contribution is 2.29. The largest absolute Gasteiger partial charge is 0.364 e. The highest BCUT2D eigenvalue weighted by atomic mass is 32.2. The molecule has 34 heavy (non-hydrogen) atoms. The molecular weight excluding hydrogens is 446 g/mol. The van der Waals surface area contributed by atoms with Crippen molar-refractivity contribution in [2.45, 2.75) is 37.8 Å². The van der Waals surface area contributed by atoms with Gasteiger partial charge < -0.3 is 10.2 Å². The average Bonchev–Trinajstić information content (AvgIpc) is 3.28. The van der Waals surface area contributed by atoms with Crippen LogP contribution in [0.1, 0.15) is 20.8 Å². The lowest BCUT2D eigenvalue weighted by Gasteiger charge is -2.41. The fourth-order valence-electron chi connectivity index (χ4n) is 4.72. The monoisotopic (exact) mass is 475 g/mol. The van der Waals surface area contributed by atoms with Gasteiger partial charge in [0.2, 0.25) is 0 Å². The molecule has 3 heterocycles. The van der Waals surface area contributed by atoms with Crippen molar-refractivity contribution < 1.29 is 8.42 Å². The molecule has 0 bridgehead atoms. The number of benzene rings is 2. The molecule has 1 N–H and O–H groups in total. The number of nitrogens with one attached hydrogen (secondary N) is 1. The zero-order valence-corrected chi connectivity index (χ0v) is 20.5. The molecule has 0 saturated carbocycles. The molecule has 1 fully saturated rings. The van der Waals surface area contributed by atoms with E-state index in [9.17, 15) is 8.42 Å². The van der Waals surface area contributed by atoms with Crippen molar-refractivity contribution in [3.05, 3.63) is 67.1 Å². The molecule has 1 saturated heterocycles. The van der Waals surface area contributed by atoms with Gasteiger partial charge in [0.25, 0.3) is 0 Å². The third kappa shape index (κ3) is 4.08. The van der Waals surface area contributed by atoms with E-state index in [1.807, 2.05) is 18.5 Å². The van der Waals surface area contributed by atoms with Crippen LogP contribution in [0.5, 0.6) is 0 Å². The van der Waals surface area contributed by atoms with Crippen molar-refractivity contribution >= 4 is 21.2 Å². The lowest BCUT2D eigenvalue weighted by Crippen LogP contribution is -2.55. The Morgan fingerprint density at radius 3 is 2.41 bits per heavy atom. The second kappa shape index (κ2) is 8.85. The fourth-order valence-corrected chi connectivity index (χ4v) is 5.64. The smallest absolute Gasteiger partial charge is 0.178 e. The van der Waals surface area contributed by atoms with Crippen LogP contribution in [0.2, 0.25) is 0 Å². The molecule has 8 heteroatoms. The van der Waals surface area contributed by atoms with Gasteiger partial charge in [-0.3, -0.25) is 0 Å². The Balaban J connectivity index is 1.45. The molecule has 0 unspecified atom stereocenters. The van der Waals surface area contributed by atoms with Gasteiger partial charge in [-0.25, -0.2) is 17.9 Å². The SMILES string of the molecule is CCS(=O)(=O)c1cccc(-c2cnn3cc(-c4ccc(N5[C@H](C)CNC[C@@H]5C)cc4)cnc23)c1. The summed E-state index contributed by atoms with van der Waals surface area (Å²) in [6.07, 6.45) is 5.54. The van der Waals surface area contributed by atoms with E-state index in [0.29, 0.717) is 22.6 Å². The maximum Gasteiger partial charge on any atom is 0.178 e. The van der Waals surface area contributed by atoms with E-state index in [1.54, 1.807) is 35.8 Å². The van der Waals surface area contributed by atoms with E-state index in [4.69, 9.17) is 0 Å². The molecule has 2 aromatic heterocycles. The highest BCUT2D eigenvalue weighted by molar-refractivity contribution is 7.91. The summed E-state index contributed by atoms with van der Waals surface area (Å²) in [4.78, 5) is 7.46. The molecular formula is C26H29N5O2S. The van der Waals surface area contributed by atoms with Gasteiger partial charge >= 0.3 is 0 Å². The summed E-state index contributed by atoms with van der Waals surface area (Å²) in [5.41, 5.74) is 5.54. The topological polar surface area (TPSA) is 79.6 Å². The summed E-state index contributed by atoms with van der Waals surface area (Å²) in [5, 5.41) is 7.97. The van der Waals surface area contributed by atoms with Crippen LogP contribution in [0.15, 0.2) is 72.0 Å². The molecule has 1 aliphatic rings. The lowest BCUT2D eigenvalue weighted by molar-refractivity contribution is 0.432. The molecule has 7 nitrogen and oxygen atoms in total. The predicted octanol–water partition coefficient (Wildman–Crippen LogP) is 4.04. The quantitative estimate of drug-likeness (QED) is 0.469. The van der Waals surface area contributed by atoms with Gasteiger partial charge in [0, 0.05) is 54.4 Å². The van der Waals surface area contributed by atoms with Crippen molar-refractivity contribution in [1.82, 2.24) is 19.9 Å². The summed E-state index contributed by atoms with van der Waals surface area (Å²) in [6, 6.07) is 16.5. The summed E-state index contributed by atoms with van der Waals surface area (Å²) < 4.78 is 26.4. The minimum atomic E-state index is -3.28. The lowest BCUT2D eigenvalue weighted by atomic mass is 10.0. The Labute approximate surface area is 200 Å². The Hall–Kier alpha value is -3.23. The highest BCUT2D eigenvalue weighted by Gasteiger charge is 2.24. The first-order chi connectivity index (χ1) is 16.4. The van der Waals surface area contributed by atoms with E-state index < -0.39 is 9.84 Å². The number of fused-ring (bicyclic) bond motifs is 1. The molecule has 1 aliphatic heterocycles. The number of hydrogen-bond acceptors (Lipinski definition) is 6. The summed E-state index contributed by atoms with van der Waals surface area (Å²) >= 11 is 0. The van der Waals surface area contributed by atoms with Crippen LogP contribution in [0.25, 0.3) is 27.9 Å². The zero-order chi connectivity index (χ0) is 23.9. The Morgan fingerprint density at radius 1 is 0.971 bits per heavy atom. The summed E-state index contributed by atoms with van der Waals surface area (Å²) in [6.45, 7) is 8.12. The molecule has 2 aromatic carbocycles. The predicted molar refractivity (Wildman–Crippen MR) is 136 cm³/mol. The molecule has 0 aliphatic carbocycles. The first kappa shape index (κ1) is 22.6. The van der Waals surface area contributed by atoms with E-state index in [1.165, 1.54) is 5.69 Å². The zero-order valence-electron chi connectivity index (χ0n) is 19.6. The van der Waals surface area contributed by atoms with Gasteiger partial charge in [0.05, 0.1) is 16.8 Å². The van der Waals surface area contributed by atoms with Crippen LogP contribution < -0.4 is 10.2 Å². The van der Waals surface area contributed by atoms with Gasteiger partial charge in [-0.05, 0) is 49.2 Å². The number of nitrogens with zero attached hydrogens (tertiary/aromatic N) is 4. The Morgan fingerprint density at radius 2 is 1.71 bits per heavy atom. The third-order valence-electron chi connectivity index (χ3n) is 6.57. The molecule has 0 radical (unpaired) electrons. The molecule has 4 aromatic rings. The van der Waals surface area contributed by atoms with Gasteiger partial charge in [-0.1, -0.05) is 31.2 Å². The molecule has 0 spiro atoms. The van der Waals surface area contributed by atoms with E-state index in [0.717, 1.165) is 35.3 Å². The molecule has 176 valence electrons. The van der Waals surface area contributed by atoms with Crippen molar-refractivity contribution in [1.29, 1.82) is 0 Å². The second-order valence-electron chi connectivity index (χ2n) is 8.91. The first-order valence-electron chi connectivity index (χ1n) is 11.6. The number of piperazine rings is 1. The van der Waals surface area contributed by atoms with Gasteiger partial charge in [-0.15, -0.1) is 0 Å². The Bertz CT molecular complexity index is 1420.